The van der Waals surface area contributed by atoms with Crippen LogP contribution >= 0.6 is 0 Å². The number of anilines is 2. The van der Waals surface area contributed by atoms with E-state index in [-0.39, 0.29) is 17.3 Å². The normalized spacial score (nSPS) is 18.1. The quantitative estimate of drug-likeness (QED) is 0.807. The Hall–Kier alpha value is -1.65. The third-order valence-corrected chi connectivity index (χ3v) is 3.84. The van der Waals surface area contributed by atoms with Gasteiger partial charge in [0.2, 0.25) is 5.91 Å². The smallest absolute Gasteiger partial charge is 0.230 e. The zero-order chi connectivity index (χ0) is 14.0. The average Bonchev–Trinajstić information content (AvgIpc) is 2.36. The van der Waals surface area contributed by atoms with Crippen molar-refractivity contribution in [2.75, 3.05) is 11.1 Å². The Morgan fingerprint density at radius 2 is 1.84 bits per heavy atom. The SMILES string of the molecule is CC1(C(=O)Nc2cc(N)c(F)cc2F)CCCCC1. The summed E-state index contributed by atoms with van der Waals surface area (Å²) < 4.78 is 26.6. The molecule has 3 N–H and O–H groups in total. The number of amides is 1. The molecule has 1 amide bonds. The summed E-state index contributed by atoms with van der Waals surface area (Å²) in [6.45, 7) is 1.88. The second kappa shape index (κ2) is 5.15. The van der Waals surface area contributed by atoms with E-state index in [0.717, 1.165) is 38.2 Å². The first-order valence-electron chi connectivity index (χ1n) is 6.48. The Bertz CT molecular complexity index is 496. The zero-order valence-corrected chi connectivity index (χ0v) is 10.9. The van der Waals surface area contributed by atoms with Crippen LogP contribution in [-0.4, -0.2) is 5.91 Å². The Morgan fingerprint density at radius 1 is 1.21 bits per heavy atom. The minimum atomic E-state index is -0.820. The van der Waals surface area contributed by atoms with Crippen molar-refractivity contribution in [2.24, 2.45) is 5.41 Å². The highest BCUT2D eigenvalue weighted by atomic mass is 19.1. The van der Waals surface area contributed by atoms with Gasteiger partial charge in [-0.2, -0.15) is 0 Å². The summed E-state index contributed by atoms with van der Waals surface area (Å²) in [7, 11) is 0. The first-order chi connectivity index (χ1) is 8.92. The van der Waals surface area contributed by atoms with Crippen LogP contribution in [0.1, 0.15) is 39.0 Å². The molecule has 0 unspecified atom stereocenters. The zero-order valence-electron chi connectivity index (χ0n) is 10.9. The van der Waals surface area contributed by atoms with Gasteiger partial charge in [0.1, 0.15) is 11.6 Å². The molecule has 3 nitrogen and oxygen atoms in total. The van der Waals surface area contributed by atoms with Crippen molar-refractivity contribution in [3.8, 4) is 0 Å². The number of nitrogen functional groups attached to an aromatic ring is 1. The lowest BCUT2D eigenvalue weighted by Crippen LogP contribution is -2.35. The van der Waals surface area contributed by atoms with Crippen LogP contribution in [0.25, 0.3) is 0 Å². The maximum absolute atomic E-state index is 13.6. The van der Waals surface area contributed by atoms with Gasteiger partial charge in [-0.3, -0.25) is 4.79 Å². The topological polar surface area (TPSA) is 55.1 Å². The second-order valence-electron chi connectivity index (χ2n) is 5.43. The molecule has 19 heavy (non-hydrogen) atoms. The molecule has 1 aliphatic carbocycles. The standard InChI is InChI=1S/C14H18F2N2O/c1-14(5-3-2-4-6-14)13(19)18-12-8-11(17)9(15)7-10(12)16/h7-8H,2-6,17H2,1H3,(H,18,19). The predicted octanol–water partition coefficient (Wildman–Crippen LogP) is 3.46. The lowest BCUT2D eigenvalue weighted by atomic mass is 9.75. The van der Waals surface area contributed by atoms with E-state index in [1.165, 1.54) is 0 Å². The summed E-state index contributed by atoms with van der Waals surface area (Å²) in [5.74, 6) is -1.85. The molecule has 0 atom stereocenters. The molecule has 5 heteroatoms. The van der Waals surface area contributed by atoms with Gasteiger partial charge in [-0.05, 0) is 18.9 Å². The largest absolute Gasteiger partial charge is 0.396 e. The number of hydrogen-bond acceptors (Lipinski definition) is 2. The highest BCUT2D eigenvalue weighted by Gasteiger charge is 2.34. The molecular weight excluding hydrogens is 250 g/mol. The molecule has 104 valence electrons. The number of nitrogens with one attached hydrogen (secondary N) is 1. The number of benzene rings is 1. The van der Waals surface area contributed by atoms with E-state index in [1.54, 1.807) is 0 Å². The van der Waals surface area contributed by atoms with Crippen LogP contribution in [0.3, 0.4) is 0 Å². The van der Waals surface area contributed by atoms with Gasteiger partial charge in [-0.15, -0.1) is 0 Å². The van der Waals surface area contributed by atoms with Crippen molar-refractivity contribution >= 4 is 17.3 Å². The second-order valence-corrected chi connectivity index (χ2v) is 5.43. The molecule has 0 radical (unpaired) electrons. The highest BCUT2D eigenvalue weighted by molar-refractivity contribution is 5.95. The van der Waals surface area contributed by atoms with Crippen LogP contribution in [-0.2, 0) is 4.79 Å². The van der Waals surface area contributed by atoms with Crippen LogP contribution in [0.4, 0.5) is 20.2 Å². The Kier molecular flexibility index (Phi) is 3.73. The number of carbonyl (C=O) groups is 1. The Labute approximate surface area is 111 Å². The Morgan fingerprint density at radius 3 is 2.47 bits per heavy atom. The van der Waals surface area contributed by atoms with Crippen molar-refractivity contribution < 1.29 is 13.6 Å². The third-order valence-electron chi connectivity index (χ3n) is 3.84. The maximum atomic E-state index is 13.6. The monoisotopic (exact) mass is 268 g/mol. The molecule has 1 fully saturated rings. The van der Waals surface area contributed by atoms with E-state index in [2.05, 4.69) is 5.32 Å². The molecular formula is C14H18F2N2O. The van der Waals surface area contributed by atoms with Gasteiger partial charge in [0.05, 0.1) is 11.4 Å². The molecule has 0 aliphatic heterocycles. The minimum Gasteiger partial charge on any atom is -0.396 e. The van der Waals surface area contributed by atoms with E-state index in [0.29, 0.717) is 6.07 Å². The lowest BCUT2D eigenvalue weighted by molar-refractivity contribution is -0.126. The van der Waals surface area contributed by atoms with Gasteiger partial charge in [0, 0.05) is 11.5 Å². The minimum absolute atomic E-state index is 0.0595. The van der Waals surface area contributed by atoms with Crippen LogP contribution < -0.4 is 11.1 Å². The first kappa shape index (κ1) is 13.8. The van der Waals surface area contributed by atoms with Crippen molar-refractivity contribution in [3.63, 3.8) is 0 Å². The van der Waals surface area contributed by atoms with Gasteiger partial charge in [0.15, 0.2) is 0 Å². The first-order valence-corrected chi connectivity index (χ1v) is 6.48. The number of nitrogens with two attached hydrogens (primary N) is 1. The molecule has 0 saturated heterocycles. The predicted molar refractivity (Wildman–Crippen MR) is 70.6 cm³/mol. The summed E-state index contributed by atoms with van der Waals surface area (Å²) in [6.07, 6.45) is 4.70. The van der Waals surface area contributed by atoms with Gasteiger partial charge >= 0.3 is 0 Å². The average molecular weight is 268 g/mol. The van der Waals surface area contributed by atoms with Crippen molar-refractivity contribution in [1.82, 2.24) is 0 Å². The highest BCUT2D eigenvalue weighted by Crippen LogP contribution is 2.37. The molecule has 2 rings (SSSR count). The molecule has 1 aliphatic rings. The maximum Gasteiger partial charge on any atom is 0.230 e. The van der Waals surface area contributed by atoms with E-state index >= 15 is 0 Å². The van der Waals surface area contributed by atoms with E-state index < -0.39 is 17.0 Å². The van der Waals surface area contributed by atoms with E-state index in [4.69, 9.17) is 5.73 Å². The Balaban J connectivity index is 2.16. The van der Waals surface area contributed by atoms with Crippen LogP contribution in [0.15, 0.2) is 12.1 Å². The number of halogens is 2. The molecule has 0 bridgehead atoms. The van der Waals surface area contributed by atoms with Crippen molar-refractivity contribution in [3.05, 3.63) is 23.8 Å². The van der Waals surface area contributed by atoms with Gasteiger partial charge in [-0.25, -0.2) is 8.78 Å². The fourth-order valence-electron chi connectivity index (χ4n) is 2.49. The van der Waals surface area contributed by atoms with E-state index in [9.17, 15) is 13.6 Å². The van der Waals surface area contributed by atoms with Gasteiger partial charge in [-0.1, -0.05) is 26.2 Å². The number of hydrogen-bond donors (Lipinski definition) is 2. The van der Waals surface area contributed by atoms with Gasteiger partial charge in [0.25, 0.3) is 0 Å². The lowest BCUT2D eigenvalue weighted by Gasteiger charge is -2.32. The molecule has 1 aromatic rings. The molecule has 0 heterocycles. The number of carbonyl (C=O) groups excluding carboxylic acids is 1. The van der Waals surface area contributed by atoms with Crippen molar-refractivity contribution in [1.29, 1.82) is 0 Å². The van der Waals surface area contributed by atoms with Crippen molar-refractivity contribution in [2.45, 2.75) is 39.0 Å². The summed E-state index contributed by atoms with van der Waals surface area (Å²) >= 11 is 0. The fraction of sp³-hybridized carbons (Fsp3) is 0.500. The summed E-state index contributed by atoms with van der Waals surface area (Å²) in [5, 5.41) is 2.53. The van der Waals surface area contributed by atoms with Crippen LogP contribution in [0.5, 0.6) is 0 Å². The van der Waals surface area contributed by atoms with Crippen LogP contribution in [0.2, 0.25) is 0 Å². The van der Waals surface area contributed by atoms with Crippen LogP contribution in [0, 0.1) is 17.0 Å². The van der Waals surface area contributed by atoms with E-state index in [1.807, 2.05) is 6.92 Å². The molecule has 1 aromatic carbocycles. The third kappa shape index (κ3) is 2.85. The molecule has 1 saturated carbocycles. The number of rotatable bonds is 2. The summed E-state index contributed by atoms with van der Waals surface area (Å²) in [5.41, 5.74) is 4.67. The van der Waals surface area contributed by atoms with Gasteiger partial charge < -0.3 is 11.1 Å². The summed E-state index contributed by atoms with van der Waals surface area (Å²) in [4.78, 5) is 12.2. The molecule has 0 spiro atoms. The molecule has 0 aromatic heterocycles. The fourth-order valence-corrected chi connectivity index (χ4v) is 2.49. The summed E-state index contributed by atoms with van der Waals surface area (Å²) in [6, 6.07) is 1.81.